The minimum Gasteiger partial charge on any atom is -0.479 e. The molecule has 0 aliphatic rings. The summed E-state index contributed by atoms with van der Waals surface area (Å²) in [5, 5.41) is 18.1. The van der Waals surface area contributed by atoms with Crippen molar-refractivity contribution in [3.8, 4) is 0 Å². The monoisotopic (exact) mass is 286 g/mol. The molecule has 0 amide bonds. The van der Waals surface area contributed by atoms with Crippen molar-refractivity contribution < 1.29 is 15.0 Å². The Bertz CT molecular complexity index is 390. The number of rotatable bonds is 4. The molecule has 2 N–H and O–H groups in total. The van der Waals surface area contributed by atoms with Gasteiger partial charge in [0.1, 0.15) is 0 Å². The first-order valence-corrected chi connectivity index (χ1v) is 5.96. The lowest BCUT2D eigenvalue weighted by atomic mass is 9.96. The van der Waals surface area contributed by atoms with Gasteiger partial charge in [0, 0.05) is 4.47 Å². The maximum absolute atomic E-state index is 10.6. The third-order valence-corrected chi connectivity index (χ3v) is 3.40. The molecule has 2 atom stereocenters. The van der Waals surface area contributed by atoms with Crippen LogP contribution in [0.1, 0.15) is 43.4 Å². The molecule has 0 spiro atoms. The summed E-state index contributed by atoms with van der Waals surface area (Å²) in [5.41, 5.74) is 1.52. The summed E-state index contributed by atoms with van der Waals surface area (Å²) in [6.07, 6.45) is -0.443. The summed E-state index contributed by atoms with van der Waals surface area (Å²) >= 11 is 3.40. The number of halogens is 1. The molecular weight excluding hydrogens is 272 g/mol. The second kappa shape index (κ2) is 5.46. The van der Waals surface area contributed by atoms with Crippen molar-refractivity contribution in [2.45, 2.75) is 32.3 Å². The number of hydrogen-bond acceptors (Lipinski definition) is 2. The smallest absolute Gasteiger partial charge is 0.337 e. The number of benzene rings is 1. The van der Waals surface area contributed by atoms with Gasteiger partial charge in [0.25, 0.3) is 0 Å². The minimum atomic E-state index is -1.46. The molecule has 0 saturated carbocycles. The summed E-state index contributed by atoms with van der Waals surface area (Å²) in [5.74, 6) is -0.825. The largest absolute Gasteiger partial charge is 0.479 e. The van der Waals surface area contributed by atoms with E-state index in [0.29, 0.717) is 11.5 Å². The van der Waals surface area contributed by atoms with E-state index in [1.165, 1.54) is 0 Å². The van der Waals surface area contributed by atoms with Crippen molar-refractivity contribution >= 4 is 21.9 Å². The lowest BCUT2D eigenvalue weighted by Crippen LogP contribution is -2.10. The third kappa shape index (κ3) is 2.83. The van der Waals surface area contributed by atoms with Crippen molar-refractivity contribution in [2.75, 3.05) is 0 Å². The highest BCUT2D eigenvalue weighted by Gasteiger charge is 2.17. The van der Waals surface area contributed by atoms with Crippen LogP contribution in [0.5, 0.6) is 0 Å². The molecule has 2 unspecified atom stereocenters. The molecule has 0 aliphatic carbocycles. The van der Waals surface area contributed by atoms with Crippen LogP contribution in [0.25, 0.3) is 0 Å². The highest BCUT2D eigenvalue weighted by atomic mass is 79.9. The molecule has 0 radical (unpaired) electrons. The second-order valence-electron chi connectivity index (χ2n) is 3.83. The van der Waals surface area contributed by atoms with Gasteiger partial charge in [0.05, 0.1) is 0 Å². The van der Waals surface area contributed by atoms with E-state index in [1.54, 1.807) is 12.1 Å². The van der Waals surface area contributed by atoms with Crippen molar-refractivity contribution in [2.24, 2.45) is 0 Å². The Morgan fingerprint density at radius 1 is 1.50 bits per heavy atom. The molecule has 1 aromatic rings. The Balaban J connectivity index is 3.04. The fourth-order valence-corrected chi connectivity index (χ4v) is 2.26. The van der Waals surface area contributed by atoms with Gasteiger partial charge >= 0.3 is 5.97 Å². The van der Waals surface area contributed by atoms with Crippen molar-refractivity contribution in [3.63, 3.8) is 0 Å². The maximum Gasteiger partial charge on any atom is 0.337 e. The first-order chi connectivity index (χ1) is 7.47. The van der Waals surface area contributed by atoms with E-state index in [2.05, 4.69) is 29.8 Å². The maximum atomic E-state index is 10.6. The number of carboxylic acid groups (broad SMARTS) is 1. The van der Waals surface area contributed by atoms with E-state index >= 15 is 0 Å². The number of aliphatic hydroxyl groups excluding tert-OH is 1. The van der Waals surface area contributed by atoms with Gasteiger partial charge in [-0.15, -0.1) is 0 Å². The summed E-state index contributed by atoms with van der Waals surface area (Å²) in [6.45, 7) is 4.20. The Hall–Kier alpha value is -0.870. The standard InChI is InChI=1S/C12H15BrO3/c1-3-7(2)9-5-4-8(6-10(9)13)11(14)12(15)16/h4-7,11,14H,3H2,1-2H3,(H,15,16). The summed E-state index contributed by atoms with van der Waals surface area (Å²) in [4.78, 5) is 10.6. The average molecular weight is 287 g/mol. The van der Waals surface area contributed by atoms with E-state index in [-0.39, 0.29) is 0 Å². The van der Waals surface area contributed by atoms with Crippen LogP contribution in [-0.2, 0) is 4.79 Å². The van der Waals surface area contributed by atoms with Crippen LogP contribution < -0.4 is 0 Å². The molecule has 0 fully saturated rings. The topological polar surface area (TPSA) is 57.5 Å². The lowest BCUT2D eigenvalue weighted by Gasteiger charge is -2.13. The molecular formula is C12H15BrO3. The van der Waals surface area contributed by atoms with Crippen LogP contribution in [-0.4, -0.2) is 16.2 Å². The van der Waals surface area contributed by atoms with E-state index in [4.69, 9.17) is 5.11 Å². The minimum absolute atomic E-state index is 0.395. The molecule has 1 aromatic carbocycles. The lowest BCUT2D eigenvalue weighted by molar-refractivity contribution is -0.146. The van der Waals surface area contributed by atoms with Crippen LogP contribution >= 0.6 is 15.9 Å². The van der Waals surface area contributed by atoms with Gasteiger partial charge in [-0.3, -0.25) is 0 Å². The van der Waals surface area contributed by atoms with E-state index < -0.39 is 12.1 Å². The van der Waals surface area contributed by atoms with Gasteiger partial charge in [0.15, 0.2) is 6.10 Å². The number of aliphatic carboxylic acids is 1. The predicted octanol–water partition coefficient (Wildman–Crippen LogP) is 3.08. The molecule has 0 bridgehead atoms. The number of aliphatic hydroxyl groups is 1. The van der Waals surface area contributed by atoms with Crippen LogP contribution in [0.3, 0.4) is 0 Å². The van der Waals surface area contributed by atoms with Crippen LogP contribution in [0, 0.1) is 0 Å². The van der Waals surface area contributed by atoms with Gasteiger partial charge in [-0.2, -0.15) is 0 Å². The Morgan fingerprint density at radius 2 is 2.12 bits per heavy atom. The summed E-state index contributed by atoms with van der Waals surface area (Å²) in [7, 11) is 0. The second-order valence-corrected chi connectivity index (χ2v) is 4.69. The molecule has 0 aromatic heterocycles. The van der Waals surface area contributed by atoms with Crippen molar-refractivity contribution in [3.05, 3.63) is 33.8 Å². The fourth-order valence-electron chi connectivity index (χ4n) is 1.48. The zero-order valence-corrected chi connectivity index (χ0v) is 10.9. The first-order valence-electron chi connectivity index (χ1n) is 5.17. The molecule has 3 nitrogen and oxygen atoms in total. The first kappa shape index (κ1) is 13.2. The highest BCUT2D eigenvalue weighted by Crippen LogP contribution is 2.29. The van der Waals surface area contributed by atoms with Crippen molar-refractivity contribution in [1.29, 1.82) is 0 Å². The normalized spacial score (nSPS) is 14.5. The van der Waals surface area contributed by atoms with E-state index in [1.807, 2.05) is 6.07 Å². The zero-order chi connectivity index (χ0) is 12.3. The summed E-state index contributed by atoms with van der Waals surface area (Å²) in [6, 6.07) is 5.19. The SMILES string of the molecule is CCC(C)c1ccc(C(O)C(=O)O)cc1Br. The highest BCUT2D eigenvalue weighted by molar-refractivity contribution is 9.10. The summed E-state index contributed by atoms with van der Waals surface area (Å²) < 4.78 is 0.847. The molecule has 4 heteroatoms. The van der Waals surface area contributed by atoms with Gasteiger partial charge < -0.3 is 10.2 Å². The van der Waals surface area contributed by atoms with Gasteiger partial charge in [-0.05, 0) is 29.5 Å². The van der Waals surface area contributed by atoms with Crippen LogP contribution in [0.4, 0.5) is 0 Å². The number of carbonyl (C=O) groups is 1. The Kier molecular flexibility index (Phi) is 4.50. The molecule has 88 valence electrons. The predicted molar refractivity (Wildman–Crippen MR) is 65.4 cm³/mol. The third-order valence-electron chi connectivity index (χ3n) is 2.72. The van der Waals surface area contributed by atoms with Crippen LogP contribution in [0.15, 0.2) is 22.7 Å². The van der Waals surface area contributed by atoms with Crippen molar-refractivity contribution in [1.82, 2.24) is 0 Å². The van der Waals surface area contributed by atoms with Gasteiger partial charge in [-0.1, -0.05) is 41.9 Å². The van der Waals surface area contributed by atoms with E-state index in [0.717, 1.165) is 16.5 Å². The Morgan fingerprint density at radius 3 is 2.56 bits per heavy atom. The molecule has 0 saturated heterocycles. The molecule has 0 aliphatic heterocycles. The quantitative estimate of drug-likeness (QED) is 0.894. The van der Waals surface area contributed by atoms with Gasteiger partial charge in [-0.25, -0.2) is 4.79 Å². The zero-order valence-electron chi connectivity index (χ0n) is 9.27. The molecule has 0 heterocycles. The average Bonchev–Trinajstić information content (AvgIpc) is 2.26. The number of carboxylic acids is 1. The Labute approximate surface area is 103 Å². The molecule has 1 rings (SSSR count). The van der Waals surface area contributed by atoms with Gasteiger partial charge in [0.2, 0.25) is 0 Å². The fraction of sp³-hybridized carbons (Fsp3) is 0.417. The van der Waals surface area contributed by atoms with E-state index in [9.17, 15) is 9.90 Å². The molecule has 16 heavy (non-hydrogen) atoms. The van der Waals surface area contributed by atoms with Crippen LogP contribution in [0.2, 0.25) is 0 Å². The number of hydrogen-bond donors (Lipinski definition) is 2.